The lowest BCUT2D eigenvalue weighted by Crippen LogP contribution is -2.38. The molecule has 142 valence electrons. The Morgan fingerprint density at radius 3 is 2.50 bits per heavy atom. The maximum absolute atomic E-state index is 12.8. The van der Waals surface area contributed by atoms with Crippen LogP contribution in [-0.4, -0.2) is 33.0 Å². The van der Waals surface area contributed by atoms with Crippen molar-refractivity contribution in [2.24, 2.45) is 0 Å². The molecule has 0 amide bonds. The van der Waals surface area contributed by atoms with Crippen LogP contribution in [0.2, 0.25) is 10.0 Å². The van der Waals surface area contributed by atoms with Gasteiger partial charge in [0, 0.05) is 17.6 Å². The molecule has 1 atom stereocenters. The number of nitrogens with zero attached hydrogens (tertiary/aromatic N) is 1. The van der Waals surface area contributed by atoms with Gasteiger partial charge >= 0.3 is 0 Å². The lowest BCUT2D eigenvalue weighted by Gasteiger charge is -2.30. The van der Waals surface area contributed by atoms with Gasteiger partial charge < -0.3 is 0 Å². The van der Waals surface area contributed by atoms with Crippen LogP contribution >= 0.6 is 34.5 Å². The second-order valence-electron chi connectivity index (χ2n) is 6.45. The predicted molar refractivity (Wildman–Crippen MR) is 109 cm³/mol. The molecule has 1 saturated heterocycles. The summed E-state index contributed by atoms with van der Waals surface area (Å²) in [6, 6.07) is 6.56. The van der Waals surface area contributed by atoms with Crippen molar-refractivity contribution in [3.05, 3.63) is 50.6 Å². The Morgan fingerprint density at radius 2 is 1.85 bits per heavy atom. The molecule has 8 heteroatoms. The predicted octanol–water partition coefficient (Wildman–Crippen LogP) is 4.95. The smallest absolute Gasteiger partial charge is 0.242 e. The highest BCUT2D eigenvalue weighted by Crippen LogP contribution is 2.28. The van der Waals surface area contributed by atoms with Crippen molar-refractivity contribution in [3.8, 4) is 0 Å². The van der Waals surface area contributed by atoms with E-state index in [1.54, 1.807) is 17.4 Å². The van der Waals surface area contributed by atoms with Crippen LogP contribution in [0.15, 0.2) is 39.9 Å². The highest BCUT2D eigenvalue weighted by molar-refractivity contribution is 7.89. The van der Waals surface area contributed by atoms with Gasteiger partial charge in [-0.3, -0.25) is 4.90 Å². The van der Waals surface area contributed by atoms with E-state index in [0.717, 1.165) is 31.5 Å². The normalized spacial score (nSPS) is 17.8. The Morgan fingerprint density at radius 1 is 1.12 bits per heavy atom. The molecule has 0 spiro atoms. The maximum Gasteiger partial charge on any atom is 0.242 e. The second-order valence-corrected chi connectivity index (χ2v) is 9.81. The summed E-state index contributed by atoms with van der Waals surface area (Å²) in [5.74, 6) is 0. The lowest BCUT2D eigenvalue weighted by atomic mass is 10.1. The van der Waals surface area contributed by atoms with Gasteiger partial charge in [-0.15, -0.1) is 0 Å². The van der Waals surface area contributed by atoms with E-state index in [1.165, 1.54) is 25.0 Å². The third-order valence-electron chi connectivity index (χ3n) is 4.66. The average molecular weight is 433 g/mol. The molecule has 1 aliphatic heterocycles. The number of hydrogen-bond acceptors (Lipinski definition) is 4. The number of halogens is 2. The molecule has 0 bridgehead atoms. The van der Waals surface area contributed by atoms with E-state index < -0.39 is 10.0 Å². The summed E-state index contributed by atoms with van der Waals surface area (Å²) in [7, 11) is -3.74. The largest absolute Gasteiger partial charge is 0.295 e. The van der Waals surface area contributed by atoms with Crippen LogP contribution < -0.4 is 4.72 Å². The van der Waals surface area contributed by atoms with Crippen LogP contribution in [0.1, 0.15) is 37.3 Å². The number of sulfonamides is 1. The summed E-state index contributed by atoms with van der Waals surface area (Å²) in [6.07, 6.45) is 4.76. The molecule has 2 heterocycles. The topological polar surface area (TPSA) is 49.4 Å². The Kier molecular flexibility index (Phi) is 6.99. The Labute approximate surface area is 169 Å². The van der Waals surface area contributed by atoms with Gasteiger partial charge in [-0.1, -0.05) is 36.0 Å². The van der Waals surface area contributed by atoms with Crippen LogP contribution in [-0.2, 0) is 10.0 Å². The van der Waals surface area contributed by atoms with Gasteiger partial charge in [0.25, 0.3) is 0 Å². The third kappa shape index (κ3) is 5.00. The first-order valence-electron chi connectivity index (χ1n) is 8.68. The molecule has 3 rings (SSSR count). The second kappa shape index (κ2) is 9.04. The Bertz CT molecular complexity index is 818. The minimum absolute atomic E-state index is 0.0200. The van der Waals surface area contributed by atoms with Gasteiger partial charge in [0.05, 0.1) is 5.02 Å². The fourth-order valence-corrected chi connectivity index (χ4v) is 5.78. The SMILES string of the molecule is O=S(=O)(NCC(c1ccsc1)N1CCCCCC1)c1cc(Cl)ccc1Cl. The number of thiophene rings is 1. The van der Waals surface area contributed by atoms with Crippen molar-refractivity contribution in [2.45, 2.75) is 36.6 Å². The molecule has 1 N–H and O–H groups in total. The van der Waals surface area contributed by atoms with E-state index in [-0.39, 0.29) is 16.0 Å². The summed E-state index contributed by atoms with van der Waals surface area (Å²) < 4.78 is 28.3. The van der Waals surface area contributed by atoms with Crippen LogP contribution in [0.4, 0.5) is 0 Å². The minimum atomic E-state index is -3.74. The Hall–Kier alpha value is -0.630. The van der Waals surface area contributed by atoms with E-state index in [1.807, 2.05) is 5.38 Å². The van der Waals surface area contributed by atoms with Crippen molar-refractivity contribution >= 4 is 44.6 Å². The number of nitrogens with one attached hydrogen (secondary N) is 1. The molecule has 1 fully saturated rings. The summed E-state index contributed by atoms with van der Waals surface area (Å²) in [4.78, 5) is 2.41. The molecule has 26 heavy (non-hydrogen) atoms. The van der Waals surface area contributed by atoms with Gasteiger partial charge in [0.15, 0.2) is 0 Å². The van der Waals surface area contributed by atoms with E-state index in [2.05, 4.69) is 21.1 Å². The molecule has 0 saturated carbocycles. The van der Waals surface area contributed by atoms with E-state index >= 15 is 0 Å². The summed E-state index contributed by atoms with van der Waals surface area (Å²) in [5, 5.41) is 4.64. The van der Waals surface area contributed by atoms with Crippen LogP contribution in [0.5, 0.6) is 0 Å². The van der Waals surface area contributed by atoms with Gasteiger partial charge in [-0.25, -0.2) is 13.1 Å². The molecule has 0 radical (unpaired) electrons. The van der Waals surface area contributed by atoms with Crippen molar-refractivity contribution in [3.63, 3.8) is 0 Å². The monoisotopic (exact) mass is 432 g/mol. The lowest BCUT2D eigenvalue weighted by molar-refractivity contribution is 0.206. The van der Waals surface area contributed by atoms with Gasteiger partial charge in [-0.05, 0) is 66.5 Å². The maximum atomic E-state index is 12.8. The molecule has 1 aromatic carbocycles. The molecular weight excluding hydrogens is 411 g/mol. The van der Waals surface area contributed by atoms with Crippen molar-refractivity contribution in [1.29, 1.82) is 0 Å². The number of hydrogen-bond donors (Lipinski definition) is 1. The summed E-state index contributed by atoms with van der Waals surface area (Å²) >= 11 is 13.7. The number of rotatable bonds is 6. The van der Waals surface area contributed by atoms with Gasteiger partial charge in [0.2, 0.25) is 10.0 Å². The zero-order valence-electron chi connectivity index (χ0n) is 14.3. The molecule has 4 nitrogen and oxygen atoms in total. The fraction of sp³-hybridized carbons (Fsp3) is 0.444. The van der Waals surface area contributed by atoms with Crippen molar-refractivity contribution < 1.29 is 8.42 Å². The van der Waals surface area contributed by atoms with Gasteiger partial charge in [-0.2, -0.15) is 11.3 Å². The highest BCUT2D eigenvalue weighted by Gasteiger charge is 2.25. The van der Waals surface area contributed by atoms with E-state index in [4.69, 9.17) is 23.2 Å². The van der Waals surface area contributed by atoms with E-state index in [0.29, 0.717) is 11.6 Å². The molecule has 0 aliphatic carbocycles. The van der Waals surface area contributed by atoms with Crippen LogP contribution in [0.3, 0.4) is 0 Å². The Balaban J connectivity index is 1.79. The first-order valence-corrected chi connectivity index (χ1v) is 11.9. The fourth-order valence-electron chi connectivity index (χ4n) is 3.28. The highest BCUT2D eigenvalue weighted by atomic mass is 35.5. The van der Waals surface area contributed by atoms with Crippen LogP contribution in [0.25, 0.3) is 0 Å². The summed E-state index contributed by atoms with van der Waals surface area (Å²) in [6.45, 7) is 2.28. The first kappa shape index (κ1) is 20.1. The molecular formula is C18H22Cl2N2O2S2. The number of benzene rings is 1. The standard InChI is InChI=1S/C18H22Cl2N2O2S2/c19-15-5-6-16(20)18(11-15)26(23,24)21-12-17(14-7-10-25-13-14)22-8-3-1-2-4-9-22/h5-7,10-11,13,17,21H,1-4,8-9,12H2. The van der Waals surface area contributed by atoms with Gasteiger partial charge in [0.1, 0.15) is 4.90 Å². The molecule has 1 aliphatic rings. The molecule has 1 unspecified atom stereocenters. The molecule has 1 aromatic heterocycles. The zero-order valence-corrected chi connectivity index (χ0v) is 17.5. The van der Waals surface area contributed by atoms with E-state index in [9.17, 15) is 8.42 Å². The quantitative estimate of drug-likeness (QED) is 0.701. The van der Waals surface area contributed by atoms with Crippen molar-refractivity contribution in [1.82, 2.24) is 9.62 Å². The van der Waals surface area contributed by atoms with Crippen LogP contribution in [0, 0.1) is 0 Å². The minimum Gasteiger partial charge on any atom is -0.295 e. The summed E-state index contributed by atoms with van der Waals surface area (Å²) in [5.41, 5.74) is 1.15. The zero-order chi connectivity index (χ0) is 18.6. The number of likely N-dealkylation sites (tertiary alicyclic amines) is 1. The first-order chi connectivity index (χ1) is 12.5. The third-order valence-corrected chi connectivity index (χ3v) is 7.50. The average Bonchev–Trinajstić information content (AvgIpc) is 3.00. The van der Waals surface area contributed by atoms with Crippen molar-refractivity contribution in [2.75, 3.05) is 19.6 Å². The molecule has 2 aromatic rings.